The molecule has 0 amide bonds. The maximum absolute atomic E-state index is 12.2. The predicted octanol–water partition coefficient (Wildman–Crippen LogP) is 3.58. The van der Waals surface area contributed by atoms with Gasteiger partial charge in [0.15, 0.2) is 0 Å². The predicted molar refractivity (Wildman–Crippen MR) is 83.2 cm³/mol. The molecule has 0 atom stereocenters. The standard InChI is InChI=1S/C12H8BrCl2N3O3/c1-6-9(18(20)21)5-17(12(19)11(6)13)4-7-3-16-10(15)2-8(7)14/h2-3,5H,4H2,1H3. The molecule has 0 aliphatic heterocycles. The Morgan fingerprint density at radius 2 is 2.14 bits per heavy atom. The van der Waals surface area contributed by atoms with Gasteiger partial charge in [0.2, 0.25) is 0 Å². The summed E-state index contributed by atoms with van der Waals surface area (Å²) in [6, 6.07) is 1.45. The number of rotatable bonds is 3. The van der Waals surface area contributed by atoms with Crippen molar-refractivity contribution in [1.29, 1.82) is 0 Å². The van der Waals surface area contributed by atoms with Crippen LogP contribution in [0.4, 0.5) is 5.69 Å². The van der Waals surface area contributed by atoms with E-state index in [0.29, 0.717) is 10.6 Å². The quantitative estimate of drug-likeness (QED) is 0.454. The van der Waals surface area contributed by atoms with E-state index < -0.39 is 4.92 Å². The van der Waals surface area contributed by atoms with Crippen molar-refractivity contribution in [3.8, 4) is 0 Å². The molecular formula is C12H8BrCl2N3O3. The van der Waals surface area contributed by atoms with Crippen molar-refractivity contribution >= 4 is 44.8 Å². The van der Waals surface area contributed by atoms with Gasteiger partial charge in [0, 0.05) is 17.3 Å². The van der Waals surface area contributed by atoms with Crippen molar-refractivity contribution in [2.75, 3.05) is 0 Å². The van der Waals surface area contributed by atoms with Crippen LogP contribution in [0.25, 0.3) is 0 Å². The lowest BCUT2D eigenvalue weighted by Crippen LogP contribution is -2.23. The fourth-order valence-corrected chi connectivity index (χ4v) is 2.60. The van der Waals surface area contributed by atoms with Crippen LogP contribution >= 0.6 is 39.1 Å². The van der Waals surface area contributed by atoms with Crippen molar-refractivity contribution in [3.05, 3.63) is 64.7 Å². The minimum atomic E-state index is -0.544. The third-order valence-corrected chi connectivity index (χ3v) is 4.37. The van der Waals surface area contributed by atoms with Crippen LogP contribution < -0.4 is 5.56 Å². The molecule has 0 radical (unpaired) electrons. The Morgan fingerprint density at radius 1 is 1.48 bits per heavy atom. The van der Waals surface area contributed by atoms with Crippen LogP contribution in [0, 0.1) is 17.0 Å². The second-order valence-corrected chi connectivity index (χ2v) is 5.83. The molecule has 6 nitrogen and oxygen atoms in total. The number of aromatic nitrogens is 2. The van der Waals surface area contributed by atoms with Gasteiger partial charge in [-0.3, -0.25) is 14.9 Å². The maximum atomic E-state index is 12.2. The van der Waals surface area contributed by atoms with Gasteiger partial charge in [-0.1, -0.05) is 23.2 Å². The highest BCUT2D eigenvalue weighted by Crippen LogP contribution is 2.24. The lowest BCUT2D eigenvalue weighted by Gasteiger charge is -2.09. The van der Waals surface area contributed by atoms with Gasteiger partial charge in [0.05, 0.1) is 27.2 Å². The number of nitro groups is 1. The van der Waals surface area contributed by atoms with Crippen LogP contribution in [0.5, 0.6) is 0 Å². The Morgan fingerprint density at radius 3 is 2.71 bits per heavy atom. The molecule has 110 valence electrons. The van der Waals surface area contributed by atoms with Crippen molar-refractivity contribution in [2.24, 2.45) is 0 Å². The van der Waals surface area contributed by atoms with Gasteiger partial charge >= 0.3 is 0 Å². The van der Waals surface area contributed by atoms with Crippen LogP contribution in [-0.2, 0) is 6.54 Å². The molecular weight excluding hydrogens is 385 g/mol. The zero-order chi connectivity index (χ0) is 15.7. The molecule has 2 rings (SSSR count). The number of halogens is 3. The highest BCUT2D eigenvalue weighted by Gasteiger charge is 2.19. The van der Waals surface area contributed by atoms with Crippen LogP contribution in [0.3, 0.4) is 0 Å². The largest absolute Gasteiger partial charge is 0.303 e. The molecule has 0 spiro atoms. The van der Waals surface area contributed by atoms with Crippen molar-refractivity contribution in [2.45, 2.75) is 13.5 Å². The van der Waals surface area contributed by atoms with Crippen LogP contribution in [0.2, 0.25) is 10.2 Å². The molecule has 0 saturated carbocycles. The minimum absolute atomic E-state index is 0.0571. The minimum Gasteiger partial charge on any atom is -0.303 e. The number of nitrogens with zero attached hydrogens (tertiary/aromatic N) is 3. The fourth-order valence-electron chi connectivity index (χ4n) is 1.74. The average molecular weight is 393 g/mol. The number of hydrogen-bond donors (Lipinski definition) is 0. The van der Waals surface area contributed by atoms with E-state index in [9.17, 15) is 14.9 Å². The van der Waals surface area contributed by atoms with E-state index in [4.69, 9.17) is 23.2 Å². The third-order valence-electron chi connectivity index (χ3n) is 2.87. The summed E-state index contributed by atoms with van der Waals surface area (Å²) >= 11 is 14.8. The average Bonchev–Trinajstić information content (AvgIpc) is 2.41. The molecule has 2 aromatic heterocycles. The second kappa shape index (κ2) is 6.13. The Labute approximate surface area is 137 Å². The summed E-state index contributed by atoms with van der Waals surface area (Å²) in [5.41, 5.74) is 0.276. The molecule has 0 saturated heterocycles. The highest BCUT2D eigenvalue weighted by molar-refractivity contribution is 9.10. The van der Waals surface area contributed by atoms with Crippen molar-refractivity contribution < 1.29 is 4.92 Å². The van der Waals surface area contributed by atoms with E-state index in [1.165, 1.54) is 30.0 Å². The normalized spacial score (nSPS) is 10.7. The Balaban J connectivity index is 2.54. The summed E-state index contributed by atoms with van der Waals surface area (Å²) < 4.78 is 1.35. The van der Waals surface area contributed by atoms with E-state index in [1.54, 1.807) is 0 Å². The zero-order valence-corrected chi connectivity index (χ0v) is 13.7. The topological polar surface area (TPSA) is 78.0 Å². The molecule has 2 heterocycles. The van der Waals surface area contributed by atoms with Gasteiger partial charge in [0.1, 0.15) is 5.15 Å². The van der Waals surface area contributed by atoms with Gasteiger partial charge in [-0.2, -0.15) is 0 Å². The summed E-state index contributed by atoms with van der Waals surface area (Å²) in [6.45, 7) is 1.56. The summed E-state index contributed by atoms with van der Waals surface area (Å²) in [6.07, 6.45) is 2.62. The van der Waals surface area contributed by atoms with Gasteiger partial charge in [-0.05, 0) is 28.9 Å². The highest BCUT2D eigenvalue weighted by atomic mass is 79.9. The van der Waals surface area contributed by atoms with Gasteiger partial charge in [-0.15, -0.1) is 0 Å². The molecule has 9 heteroatoms. The summed E-state index contributed by atoms with van der Waals surface area (Å²) in [7, 11) is 0. The first kappa shape index (κ1) is 15.9. The van der Waals surface area contributed by atoms with E-state index in [1.807, 2.05) is 0 Å². The molecule has 0 aliphatic rings. The first-order valence-electron chi connectivity index (χ1n) is 5.65. The van der Waals surface area contributed by atoms with Crippen LogP contribution in [0.1, 0.15) is 11.1 Å². The second-order valence-electron chi connectivity index (χ2n) is 4.24. The van der Waals surface area contributed by atoms with E-state index in [2.05, 4.69) is 20.9 Å². The van der Waals surface area contributed by atoms with E-state index in [-0.39, 0.29) is 33.0 Å². The lowest BCUT2D eigenvalue weighted by molar-refractivity contribution is -0.386. The number of hydrogen-bond acceptors (Lipinski definition) is 4. The first-order chi connectivity index (χ1) is 9.81. The maximum Gasteiger partial charge on any atom is 0.289 e. The van der Waals surface area contributed by atoms with Gasteiger partial charge in [-0.25, -0.2) is 4.98 Å². The smallest absolute Gasteiger partial charge is 0.289 e. The van der Waals surface area contributed by atoms with Gasteiger partial charge < -0.3 is 4.57 Å². The van der Waals surface area contributed by atoms with Crippen molar-refractivity contribution in [3.63, 3.8) is 0 Å². The molecule has 2 aromatic rings. The summed E-state index contributed by atoms with van der Waals surface area (Å²) in [4.78, 5) is 26.5. The Kier molecular flexibility index (Phi) is 4.65. The zero-order valence-electron chi connectivity index (χ0n) is 10.6. The van der Waals surface area contributed by atoms with Crippen molar-refractivity contribution in [1.82, 2.24) is 9.55 Å². The monoisotopic (exact) mass is 391 g/mol. The fraction of sp³-hybridized carbons (Fsp3) is 0.167. The van der Waals surface area contributed by atoms with Crippen LogP contribution in [0.15, 0.2) is 27.7 Å². The van der Waals surface area contributed by atoms with Gasteiger partial charge in [0.25, 0.3) is 11.2 Å². The first-order valence-corrected chi connectivity index (χ1v) is 7.20. The Bertz CT molecular complexity index is 792. The molecule has 0 aliphatic carbocycles. The molecule has 0 bridgehead atoms. The number of pyridine rings is 2. The Hall–Kier alpha value is -1.44. The summed E-state index contributed by atoms with van der Waals surface area (Å²) in [5, 5.41) is 11.6. The van der Waals surface area contributed by atoms with E-state index in [0.717, 1.165) is 0 Å². The lowest BCUT2D eigenvalue weighted by atomic mass is 10.2. The molecule has 0 N–H and O–H groups in total. The molecule has 0 aromatic carbocycles. The molecule has 0 unspecified atom stereocenters. The molecule has 0 fully saturated rings. The third kappa shape index (κ3) is 3.25. The van der Waals surface area contributed by atoms with Crippen LogP contribution in [-0.4, -0.2) is 14.5 Å². The summed E-state index contributed by atoms with van der Waals surface area (Å²) in [5.74, 6) is 0. The van der Waals surface area contributed by atoms with E-state index >= 15 is 0 Å². The SMILES string of the molecule is Cc1c([N+](=O)[O-])cn(Cc2cnc(Cl)cc2Cl)c(=O)c1Br. The molecule has 21 heavy (non-hydrogen) atoms.